The number of hydrogen-bond donors (Lipinski definition) is 0. The van der Waals surface area contributed by atoms with Gasteiger partial charge < -0.3 is 0 Å². The fourth-order valence-corrected chi connectivity index (χ4v) is 0.309. The van der Waals surface area contributed by atoms with Crippen LogP contribution in [0.15, 0.2) is 24.7 Å². The van der Waals surface area contributed by atoms with Gasteiger partial charge in [0.1, 0.15) is 12.5 Å². The van der Waals surface area contributed by atoms with Crippen molar-refractivity contribution >= 4 is 5.78 Å². The molecular weight excluding hydrogens is 108 g/mol. The predicted molar refractivity (Wildman–Crippen MR) is 25.5 cm³/mol. The van der Waals surface area contributed by atoms with Gasteiger partial charge in [-0.15, -0.1) is 0 Å². The standard InChI is InChI=1S/C5H4O3/c6-5-1-3-7-8-4-2-5/h1-4H. The largest absolute Gasteiger partial charge is 0.298 e. The second-order valence-electron chi connectivity index (χ2n) is 1.20. The highest BCUT2D eigenvalue weighted by molar-refractivity contribution is 5.98. The zero-order valence-corrected chi connectivity index (χ0v) is 4.03. The van der Waals surface area contributed by atoms with Crippen LogP contribution in [0.5, 0.6) is 0 Å². The van der Waals surface area contributed by atoms with Crippen LogP contribution in [0.25, 0.3) is 0 Å². The summed E-state index contributed by atoms with van der Waals surface area (Å²) >= 11 is 0. The molecule has 0 unspecified atom stereocenters. The Morgan fingerprint density at radius 2 is 1.62 bits per heavy atom. The Morgan fingerprint density at radius 1 is 1.12 bits per heavy atom. The third-order valence-electron chi connectivity index (χ3n) is 0.631. The van der Waals surface area contributed by atoms with Crippen LogP contribution in [0.4, 0.5) is 0 Å². The van der Waals surface area contributed by atoms with Gasteiger partial charge in [-0.2, -0.15) is 0 Å². The second kappa shape index (κ2) is 2.16. The van der Waals surface area contributed by atoms with Crippen LogP contribution >= 0.6 is 0 Å². The summed E-state index contributed by atoms with van der Waals surface area (Å²) in [7, 11) is 0. The maximum atomic E-state index is 10.3. The smallest absolute Gasteiger partial charge is 0.185 e. The molecule has 0 aromatic carbocycles. The molecule has 0 fully saturated rings. The van der Waals surface area contributed by atoms with E-state index in [2.05, 4.69) is 9.78 Å². The van der Waals surface area contributed by atoms with Crippen molar-refractivity contribution in [3.05, 3.63) is 24.7 Å². The molecule has 0 aliphatic carbocycles. The van der Waals surface area contributed by atoms with E-state index in [9.17, 15) is 4.79 Å². The van der Waals surface area contributed by atoms with Gasteiger partial charge >= 0.3 is 0 Å². The summed E-state index contributed by atoms with van der Waals surface area (Å²) in [4.78, 5) is 18.9. The molecule has 3 heteroatoms. The molecule has 0 aromatic rings. The van der Waals surface area contributed by atoms with Gasteiger partial charge in [-0.25, -0.2) is 0 Å². The molecule has 3 nitrogen and oxygen atoms in total. The van der Waals surface area contributed by atoms with Gasteiger partial charge in [0.15, 0.2) is 5.78 Å². The van der Waals surface area contributed by atoms with Crippen LogP contribution in [0, 0.1) is 0 Å². The normalized spacial score (nSPS) is 16.8. The quantitative estimate of drug-likeness (QED) is 0.429. The van der Waals surface area contributed by atoms with Gasteiger partial charge in [-0.3, -0.25) is 14.6 Å². The Labute approximate surface area is 46.1 Å². The molecule has 1 heterocycles. The van der Waals surface area contributed by atoms with E-state index < -0.39 is 0 Å². The molecule has 0 spiro atoms. The van der Waals surface area contributed by atoms with Crippen molar-refractivity contribution < 1.29 is 14.6 Å². The average Bonchev–Trinajstić information content (AvgIpc) is 1.94. The van der Waals surface area contributed by atoms with Gasteiger partial charge in [0.05, 0.1) is 0 Å². The van der Waals surface area contributed by atoms with E-state index in [1.807, 2.05) is 0 Å². The number of carbonyl (C=O) groups excluding carboxylic acids is 1. The SMILES string of the molecule is O=C1C=COOC=C1. The first-order valence-corrected chi connectivity index (χ1v) is 2.09. The van der Waals surface area contributed by atoms with Gasteiger partial charge in [-0.1, -0.05) is 0 Å². The molecule has 0 amide bonds. The highest BCUT2D eigenvalue weighted by Crippen LogP contribution is 1.90. The molecule has 0 saturated heterocycles. The Hall–Kier alpha value is -1.25. The summed E-state index contributed by atoms with van der Waals surface area (Å²) in [6.45, 7) is 0. The van der Waals surface area contributed by atoms with Crippen LogP contribution in [0.2, 0.25) is 0 Å². The summed E-state index contributed by atoms with van der Waals surface area (Å²) in [5, 5.41) is 0. The first-order chi connectivity index (χ1) is 3.89. The Bertz CT molecular complexity index is 130. The Morgan fingerprint density at radius 3 is 2.12 bits per heavy atom. The number of rotatable bonds is 0. The second-order valence-corrected chi connectivity index (χ2v) is 1.20. The van der Waals surface area contributed by atoms with E-state index in [4.69, 9.17) is 0 Å². The number of ketones is 1. The average molecular weight is 112 g/mol. The topological polar surface area (TPSA) is 35.5 Å². The number of hydrogen-bond acceptors (Lipinski definition) is 3. The summed E-state index contributed by atoms with van der Waals surface area (Å²) in [5.41, 5.74) is 0. The fourth-order valence-electron chi connectivity index (χ4n) is 0.309. The van der Waals surface area contributed by atoms with Crippen LogP contribution in [-0.4, -0.2) is 5.78 Å². The van der Waals surface area contributed by atoms with Crippen LogP contribution in [0.1, 0.15) is 0 Å². The van der Waals surface area contributed by atoms with Gasteiger partial charge in [0.2, 0.25) is 0 Å². The van der Waals surface area contributed by atoms with Crippen molar-refractivity contribution in [2.45, 2.75) is 0 Å². The van der Waals surface area contributed by atoms with Crippen LogP contribution in [-0.2, 0) is 14.6 Å². The van der Waals surface area contributed by atoms with Gasteiger partial charge in [-0.05, 0) is 0 Å². The van der Waals surface area contributed by atoms with Crippen molar-refractivity contribution in [2.24, 2.45) is 0 Å². The first-order valence-electron chi connectivity index (χ1n) is 2.09. The third kappa shape index (κ3) is 1.11. The molecular formula is C5H4O3. The molecule has 0 N–H and O–H groups in total. The van der Waals surface area contributed by atoms with Crippen molar-refractivity contribution in [3.63, 3.8) is 0 Å². The Kier molecular flexibility index (Phi) is 1.32. The minimum atomic E-state index is -0.137. The van der Waals surface area contributed by atoms with Crippen molar-refractivity contribution in [2.75, 3.05) is 0 Å². The van der Waals surface area contributed by atoms with E-state index in [-0.39, 0.29) is 5.78 Å². The lowest BCUT2D eigenvalue weighted by atomic mass is 10.4. The van der Waals surface area contributed by atoms with E-state index in [0.29, 0.717) is 0 Å². The number of allylic oxidation sites excluding steroid dienone is 2. The third-order valence-corrected chi connectivity index (χ3v) is 0.631. The molecule has 0 saturated carbocycles. The lowest BCUT2D eigenvalue weighted by molar-refractivity contribution is -0.194. The van der Waals surface area contributed by atoms with Crippen molar-refractivity contribution in [1.82, 2.24) is 0 Å². The molecule has 1 rings (SSSR count). The zero-order valence-electron chi connectivity index (χ0n) is 4.03. The fraction of sp³-hybridized carbons (Fsp3) is 0. The van der Waals surface area contributed by atoms with E-state index >= 15 is 0 Å². The number of carbonyl (C=O) groups is 1. The predicted octanol–water partition coefficient (Wildman–Crippen LogP) is 0.545. The maximum absolute atomic E-state index is 10.3. The van der Waals surface area contributed by atoms with Crippen LogP contribution < -0.4 is 0 Å². The highest BCUT2D eigenvalue weighted by atomic mass is 17.2. The lowest BCUT2D eigenvalue weighted by Gasteiger charge is -1.87. The molecule has 0 radical (unpaired) electrons. The van der Waals surface area contributed by atoms with Crippen molar-refractivity contribution in [1.29, 1.82) is 0 Å². The summed E-state index contributed by atoms with van der Waals surface area (Å²) in [5.74, 6) is -0.137. The van der Waals surface area contributed by atoms with E-state index in [1.165, 1.54) is 24.7 Å². The Balaban J connectivity index is 2.64. The summed E-state index contributed by atoms with van der Waals surface area (Å²) in [6.07, 6.45) is 4.90. The van der Waals surface area contributed by atoms with Crippen LogP contribution in [0.3, 0.4) is 0 Å². The minimum absolute atomic E-state index is 0.137. The maximum Gasteiger partial charge on any atom is 0.185 e. The van der Waals surface area contributed by atoms with Gasteiger partial charge in [0, 0.05) is 12.2 Å². The lowest BCUT2D eigenvalue weighted by Crippen LogP contribution is -1.80. The molecule has 1 aliphatic heterocycles. The molecule has 1 aliphatic rings. The molecule has 0 bridgehead atoms. The molecule has 8 heavy (non-hydrogen) atoms. The summed E-state index contributed by atoms with van der Waals surface area (Å²) in [6, 6.07) is 0. The molecule has 42 valence electrons. The monoisotopic (exact) mass is 112 g/mol. The highest BCUT2D eigenvalue weighted by Gasteiger charge is 1.91. The molecule has 0 aromatic heterocycles. The summed E-state index contributed by atoms with van der Waals surface area (Å²) < 4.78 is 0. The molecule has 0 atom stereocenters. The zero-order chi connectivity index (χ0) is 5.82. The van der Waals surface area contributed by atoms with E-state index in [0.717, 1.165) is 0 Å². The van der Waals surface area contributed by atoms with Crippen molar-refractivity contribution in [3.8, 4) is 0 Å². The first kappa shape index (κ1) is 4.90. The van der Waals surface area contributed by atoms with Gasteiger partial charge in [0.25, 0.3) is 0 Å². The van der Waals surface area contributed by atoms with E-state index in [1.54, 1.807) is 0 Å². The minimum Gasteiger partial charge on any atom is -0.298 e.